The molecule has 2 unspecified atom stereocenters. The first-order valence-electron chi connectivity index (χ1n) is 7.52. The molecule has 1 aliphatic rings. The summed E-state index contributed by atoms with van der Waals surface area (Å²) >= 11 is 0. The zero-order valence-corrected chi connectivity index (χ0v) is 12.7. The summed E-state index contributed by atoms with van der Waals surface area (Å²) in [6, 6.07) is -0.272. The Morgan fingerprint density at radius 3 is 3.09 bits per heavy atom. The number of carbonyl (C=O) groups excluding carboxylic acids is 1. The van der Waals surface area contributed by atoms with E-state index in [2.05, 4.69) is 30.7 Å². The standard InChI is InChI=1S/C14H20N6O2/c1-3-11-17-13(20-18-11)8(2)16-14(21)10-6-15-19-12(10)9-4-5-22-7-9/h6,8-9H,3-5,7H2,1-2H3,(H,15,19)(H,16,21)(H,17,18,20). The molecule has 0 aromatic carbocycles. The van der Waals surface area contributed by atoms with Gasteiger partial charge in [-0.3, -0.25) is 15.0 Å². The van der Waals surface area contributed by atoms with Crippen molar-refractivity contribution < 1.29 is 9.53 Å². The Morgan fingerprint density at radius 2 is 2.41 bits per heavy atom. The van der Waals surface area contributed by atoms with Gasteiger partial charge in [0.05, 0.1) is 30.1 Å². The number of aromatic amines is 2. The molecule has 8 nitrogen and oxygen atoms in total. The first-order chi connectivity index (χ1) is 10.7. The summed E-state index contributed by atoms with van der Waals surface area (Å²) < 4.78 is 5.38. The molecule has 2 aromatic heterocycles. The van der Waals surface area contributed by atoms with E-state index in [-0.39, 0.29) is 17.9 Å². The van der Waals surface area contributed by atoms with Crippen molar-refractivity contribution in [3.63, 3.8) is 0 Å². The van der Waals surface area contributed by atoms with Gasteiger partial charge in [0.15, 0.2) is 5.82 Å². The fourth-order valence-corrected chi connectivity index (χ4v) is 2.55. The number of hydrogen-bond acceptors (Lipinski definition) is 5. The molecule has 0 radical (unpaired) electrons. The molecule has 3 N–H and O–H groups in total. The number of amides is 1. The summed E-state index contributed by atoms with van der Waals surface area (Å²) in [6.07, 6.45) is 3.24. The summed E-state index contributed by atoms with van der Waals surface area (Å²) in [5, 5.41) is 16.8. The predicted octanol–water partition coefficient (Wildman–Crippen LogP) is 1.09. The molecule has 1 amide bonds. The topological polar surface area (TPSA) is 109 Å². The van der Waals surface area contributed by atoms with Crippen molar-refractivity contribution in [2.75, 3.05) is 13.2 Å². The van der Waals surface area contributed by atoms with Crippen LogP contribution in [0.3, 0.4) is 0 Å². The Balaban J connectivity index is 1.70. The van der Waals surface area contributed by atoms with Crippen LogP contribution in [0.15, 0.2) is 6.20 Å². The molecule has 1 fully saturated rings. The number of carbonyl (C=O) groups is 1. The van der Waals surface area contributed by atoms with Crippen LogP contribution in [0.1, 0.15) is 59.9 Å². The number of rotatable bonds is 5. The second-order valence-corrected chi connectivity index (χ2v) is 5.45. The van der Waals surface area contributed by atoms with E-state index >= 15 is 0 Å². The number of aromatic nitrogens is 5. The molecule has 8 heteroatoms. The van der Waals surface area contributed by atoms with Crippen LogP contribution in [-0.4, -0.2) is 44.5 Å². The Bertz CT molecular complexity index is 643. The van der Waals surface area contributed by atoms with Gasteiger partial charge in [0.2, 0.25) is 0 Å². The summed E-state index contributed by atoms with van der Waals surface area (Å²) in [5.74, 6) is 1.42. The lowest BCUT2D eigenvalue weighted by atomic mass is 10.0. The second kappa shape index (κ2) is 6.27. The van der Waals surface area contributed by atoms with Crippen LogP contribution in [0, 0.1) is 0 Å². The molecule has 1 saturated heterocycles. The maximum absolute atomic E-state index is 12.5. The molecule has 2 atom stereocenters. The van der Waals surface area contributed by atoms with E-state index in [1.807, 2.05) is 13.8 Å². The van der Waals surface area contributed by atoms with Crippen molar-refractivity contribution >= 4 is 5.91 Å². The molecule has 1 aliphatic heterocycles. The highest BCUT2D eigenvalue weighted by Gasteiger charge is 2.26. The molecule has 0 spiro atoms. The van der Waals surface area contributed by atoms with Gasteiger partial charge in [0, 0.05) is 18.9 Å². The number of nitrogens with zero attached hydrogens (tertiary/aromatic N) is 3. The normalized spacial score (nSPS) is 19.3. The Morgan fingerprint density at radius 1 is 1.55 bits per heavy atom. The van der Waals surface area contributed by atoms with Crippen LogP contribution in [-0.2, 0) is 11.2 Å². The summed E-state index contributed by atoms with van der Waals surface area (Å²) in [6.45, 7) is 5.20. The third-order valence-electron chi connectivity index (χ3n) is 3.87. The summed E-state index contributed by atoms with van der Waals surface area (Å²) in [5.41, 5.74) is 1.40. The van der Waals surface area contributed by atoms with E-state index in [0.717, 1.165) is 31.0 Å². The molecule has 3 rings (SSSR count). The Labute approximate surface area is 128 Å². The number of ether oxygens (including phenoxy) is 1. The van der Waals surface area contributed by atoms with Crippen LogP contribution in [0.25, 0.3) is 0 Å². The predicted molar refractivity (Wildman–Crippen MR) is 78.4 cm³/mol. The molecular formula is C14H20N6O2. The Hall–Kier alpha value is -2.22. The highest BCUT2D eigenvalue weighted by Crippen LogP contribution is 2.26. The van der Waals surface area contributed by atoms with E-state index in [4.69, 9.17) is 4.74 Å². The molecule has 3 heterocycles. The molecule has 2 aromatic rings. The molecule has 22 heavy (non-hydrogen) atoms. The van der Waals surface area contributed by atoms with Gasteiger partial charge in [-0.15, -0.1) is 0 Å². The number of aryl methyl sites for hydroxylation is 1. The fourth-order valence-electron chi connectivity index (χ4n) is 2.55. The number of hydrogen-bond donors (Lipinski definition) is 3. The van der Waals surface area contributed by atoms with E-state index in [1.165, 1.54) is 0 Å². The SMILES string of the molecule is CCc1nc(C(C)NC(=O)c2cn[nH]c2C2CCOC2)n[nH]1. The van der Waals surface area contributed by atoms with Crippen LogP contribution < -0.4 is 5.32 Å². The van der Waals surface area contributed by atoms with E-state index in [9.17, 15) is 4.79 Å². The van der Waals surface area contributed by atoms with Gasteiger partial charge in [-0.1, -0.05) is 6.92 Å². The smallest absolute Gasteiger partial charge is 0.255 e. The first-order valence-corrected chi connectivity index (χ1v) is 7.52. The van der Waals surface area contributed by atoms with Crippen LogP contribution in [0.2, 0.25) is 0 Å². The zero-order valence-electron chi connectivity index (χ0n) is 12.7. The Kier molecular flexibility index (Phi) is 4.19. The van der Waals surface area contributed by atoms with E-state index in [0.29, 0.717) is 18.0 Å². The van der Waals surface area contributed by atoms with Gasteiger partial charge in [0.25, 0.3) is 5.91 Å². The van der Waals surface area contributed by atoms with E-state index in [1.54, 1.807) is 6.20 Å². The van der Waals surface area contributed by atoms with Crippen molar-refractivity contribution in [2.45, 2.75) is 38.6 Å². The molecule has 0 aliphatic carbocycles. The van der Waals surface area contributed by atoms with Gasteiger partial charge < -0.3 is 10.1 Å². The number of H-pyrrole nitrogens is 2. The van der Waals surface area contributed by atoms with Gasteiger partial charge in [-0.2, -0.15) is 10.2 Å². The van der Waals surface area contributed by atoms with Crippen molar-refractivity contribution in [2.24, 2.45) is 0 Å². The second-order valence-electron chi connectivity index (χ2n) is 5.45. The lowest BCUT2D eigenvalue weighted by Gasteiger charge is -2.12. The zero-order chi connectivity index (χ0) is 15.5. The van der Waals surface area contributed by atoms with Gasteiger partial charge in [-0.25, -0.2) is 4.98 Å². The van der Waals surface area contributed by atoms with Crippen LogP contribution >= 0.6 is 0 Å². The quantitative estimate of drug-likeness (QED) is 0.766. The minimum Gasteiger partial charge on any atom is -0.381 e. The van der Waals surface area contributed by atoms with Crippen molar-refractivity contribution in [1.82, 2.24) is 30.7 Å². The first kappa shape index (κ1) is 14.7. The van der Waals surface area contributed by atoms with Crippen molar-refractivity contribution in [1.29, 1.82) is 0 Å². The molecule has 118 valence electrons. The monoisotopic (exact) mass is 304 g/mol. The summed E-state index contributed by atoms with van der Waals surface area (Å²) in [7, 11) is 0. The van der Waals surface area contributed by atoms with Gasteiger partial charge in [0.1, 0.15) is 5.82 Å². The average molecular weight is 304 g/mol. The highest BCUT2D eigenvalue weighted by atomic mass is 16.5. The third-order valence-corrected chi connectivity index (χ3v) is 3.87. The lowest BCUT2D eigenvalue weighted by molar-refractivity contribution is 0.0937. The van der Waals surface area contributed by atoms with Crippen molar-refractivity contribution in [3.8, 4) is 0 Å². The molecule has 0 bridgehead atoms. The highest BCUT2D eigenvalue weighted by molar-refractivity contribution is 5.95. The number of nitrogens with one attached hydrogen (secondary N) is 3. The molecular weight excluding hydrogens is 284 g/mol. The van der Waals surface area contributed by atoms with Crippen LogP contribution in [0.4, 0.5) is 0 Å². The third kappa shape index (κ3) is 2.87. The minimum absolute atomic E-state index is 0.175. The van der Waals surface area contributed by atoms with Gasteiger partial charge in [-0.05, 0) is 13.3 Å². The van der Waals surface area contributed by atoms with Crippen molar-refractivity contribution in [3.05, 3.63) is 29.1 Å². The fraction of sp³-hybridized carbons (Fsp3) is 0.571. The molecule has 0 saturated carbocycles. The lowest BCUT2D eigenvalue weighted by Crippen LogP contribution is -2.28. The largest absolute Gasteiger partial charge is 0.381 e. The maximum atomic E-state index is 12.5. The maximum Gasteiger partial charge on any atom is 0.255 e. The van der Waals surface area contributed by atoms with E-state index < -0.39 is 0 Å². The average Bonchev–Trinajstić information content (AvgIpc) is 3.25. The van der Waals surface area contributed by atoms with Gasteiger partial charge >= 0.3 is 0 Å². The summed E-state index contributed by atoms with van der Waals surface area (Å²) in [4.78, 5) is 16.8. The van der Waals surface area contributed by atoms with Crippen LogP contribution in [0.5, 0.6) is 0 Å². The minimum atomic E-state index is -0.272.